The maximum absolute atomic E-state index is 14.3. The molecule has 0 aromatic heterocycles. The molecule has 16 heavy (non-hydrogen) atoms. The van der Waals surface area contributed by atoms with Crippen molar-refractivity contribution in [3.63, 3.8) is 0 Å². The number of halogens is 1. The van der Waals surface area contributed by atoms with Crippen LogP contribution in [0.2, 0.25) is 0 Å². The molecular formula is C13H16FNO. The van der Waals surface area contributed by atoms with Crippen LogP contribution >= 0.6 is 0 Å². The van der Waals surface area contributed by atoms with Gasteiger partial charge in [0, 0.05) is 18.5 Å². The summed E-state index contributed by atoms with van der Waals surface area (Å²) in [5, 5.41) is 3.02. The molecule has 86 valence electrons. The van der Waals surface area contributed by atoms with Crippen molar-refractivity contribution in [2.45, 2.75) is 25.4 Å². The van der Waals surface area contributed by atoms with Crippen LogP contribution in [-0.2, 0) is 6.42 Å². The number of ketones is 1. The van der Waals surface area contributed by atoms with Crippen LogP contribution < -0.4 is 5.32 Å². The Bertz CT molecular complexity index is 397. The molecule has 0 spiro atoms. The highest BCUT2D eigenvalue weighted by molar-refractivity contribution is 5.95. The maximum atomic E-state index is 14.3. The van der Waals surface area contributed by atoms with Gasteiger partial charge in [-0.3, -0.25) is 4.79 Å². The zero-order valence-corrected chi connectivity index (χ0v) is 9.42. The summed E-state index contributed by atoms with van der Waals surface area (Å²) < 4.78 is 14.3. The molecular weight excluding hydrogens is 205 g/mol. The zero-order valence-electron chi connectivity index (χ0n) is 9.42. The molecule has 0 bridgehead atoms. The fourth-order valence-electron chi connectivity index (χ4n) is 2.22. The molecule has 0 saturated carbocycles. The van der Waals surface area contributed by atoms with Crippen molar-refractivity contribution in [3.05, 3.63) is 35.4 Å². The Labute approximate surface area is 94.9 Å². The number of carbonyl (C=O) groups is 1. The van der Waals surface area contributed by atoms with Crippen molar-refractivity contribution < 1.29 is 9.18 Å². The van der Waals surface area contributed by atoms with E-state index in [4.69, 9.17) is 0 Å². The topological polar surface area (TPSA) is 29.1 Å². The Balaban J connectivity index is 2.23. The van der Waals surface area contributed by atoms with Crippen LogP contribution in [0.15, 0.2) is 24.3 Å². The summed E-state index contributed by atoms with van der Waals surface area (Å²) in [4.78, 5) is 11.4. The van der Waals surface area contributed by atoms with Crippen LogP contribution in [0, 0.1) is 0 Å². The highest BCUT2D eigenvalue weighted by Crippen LogP contribution is 2.26. The van der Waals surface area contributed by atoms with Crippen molar-refractivity contribution in [2.75, 3.05) is 13.1 Å². The van der Waals surface area contributed by atoms with Crippen LogP contribution in [0.1, 0.15) is 29.3 Å². The number of hydrogen-bond acceptors (Lipinski definition) is 2. The van der Waals surface area contributed by atoms with Gasteiger partial charge in [-0.1, -0.05) is 24.3 Å². The molecule has 1 aliphatic rings. The van der Waals surface area contributed by atoms with E-state index in [1.807, 2.05) is 18.2 Å². The molecule has 1 fully saturated rings. The first-order valence-electron chi connectivity index (χ1n) is 5.59. The summed E-state index contributed by atoms with van der Waals surface area (Å²) in [6.45, 7) is 2.63. The molecule has 1 heterocycles. The van der Waals surface area contributed by atoms with E-state index in [1.165, 1.54) is 6.92 Å². The van der Waals surface area contributed by atoms with E-state index in [-0.39, 0.29) is 5.78 Å². The Hall–Kier alpha value is -1.22. The van der Waals surface area contributed by atoms with E-state index >= 15 is 0 Å². The summed E-state index contributed by atoms with van der Waals surface area (Å²) in [7, 11) is 0. The molecule has 2 nitrogen and oxygen atoms in total. The van der Waals surface area contributed by atoms with Gasteiger partial charge >= 0.3 is 0 Å². The number of alkyl halides is 1. The third-order valence-electron chi connectivity index (χ3n) is 3.10. The van der Waals surface area contributed by atoms with Gasteiger partial charge in [0.15, 0.2) is 5.78 Å². The summed E-state index contributed by atoms with van der Waals surface area (Å²) in [6.07, 6.45) is 0.856. The molecule has 1 saturated heterocycles. The lowest BCUT2D eigenvalue weighted by Crippen LogP contribution is -2.29. The molecule has 0 radical (unpaired) electrons. The Morgan fingerprint density at radius 2 is 2.25 bits per heavy atom. The second-order valence-corrected chi connectivity index (χ2v) is 4.47. The second-order valence-electron chi connectivity index (χ2n) is 4.47. The smallest absolute Gasteiger partial charge is 0.160 e. The van der Waals surface area contributed by atoms with Crippen molar-refractivity contribution >= 4 is 5.78 Å². The van der Waals surface area contributed by atoms with Gasteiger partial charge < -0.3 is 5.32 Å². The molecule has 1 aromatic carbocycles. The highest BCUT2D eigenvalue weighted by atomic mass is 19.1. The van der Waals surface area contributed by atoms with Crippen molar-refractivity contribution in [1.82, 2.24) is 5.32 Å². The van der Waals surface area contributed by atoms with Crippen molar-refractivity contribution in [3.8, 4) is 0 Å². The summed E-state index contributed by atoms with van der Waals surface area (Å²) >= 11 is 0. The number of rotatable bonds is 3. The van der Waals surface area contributed by atoms with Gasteiger partial charge in [0.1, 0.15) is 5.67 Å². The standard InChI is InChI=1S/C13H16FNO/c1-10(16)12-5-3-2-4-11(12)8-13(14)6-7-15-9-13/h2-5,15H,6-9H2,1H3. The molecule has 3 heteroatoms. The molecule has 1 aliphatic heterocycles. The SMILES string of the molecule is CC(=O)c1ccccc1CC1(F)CCNC1. The Morgan fingerprint density at radius 1 is 1.50 bits per heavy atom. The van der Waals surface area contributed by atoms with Gasteiger partial charge in [-0.05, 0) is 25.5 Å². The molecule has 0 amide bonds. The van der Waals surface area contributed by atoms with Crippen LogP contribution in [0.25, 0.3) is 0 Å². The molecule has 2 rings (SSSR count). The molecule has 1 unspecified atom stereocenters. The van der Waals surface area contributed by atoms with Crippen LogP contribution in [0.4, 0.5) is 4.39 Å². The maximum Gasteiger partial charge on any atom is 0.160 e. The van der Waals surface area contributed by atoms with Crippen LogP contribution in [0.5, 0.6) is 0 Å². The third kappa shape index (κ3) is 2.30. The fraction of sp³-hybridized carbons (Fsp3) is 0.462. The van der Waals surface area contributed by atoms with Crippen LogP contribution in [0.3, 0.4) is 0 Å². The lowest BCUT2D eigenvalue weighted by molar-refractivity contribution is 0.101. The minimum atomic E-state index is -1.19. The summed E-state index contributed by atoms with van der Waals surface area (Å²) in [5.74, 6) is 0.00477. The van der Waals surface area contributed by atoms with Gasteiger partial charge in [0.2, 0.25) is 0 Å². The summed E-state index contributed by atoms with van der Waals surface area (Å²) in [6, 6.07) is 7.28. The van der Waals surface area contributed by atoms with E-state index in [2.05, 4.69) is 5.32 Å². The van der Waals surface area contributed by atoms with E-state index in [9.17, 15) is 9.18 Å². The first-order chi connectivity index (χ1) is 7.61. The van der Waals surface area contributed by atoms with Gasteiger partial charge in [-0.2, -0.15) is 0 Å². The van der Waals surface area contributed by atoms with Crippen molar-refractivity contribution in [2.24, 2.45) is 0 Å². The monoisotopic (exact) mass is 221 g/mol. The lowest BCUT2D eigenvalue weighted by atomic mass is 9.91. The van der Waals surface area contributed by atoms with Gasteiger partial charge in [0.05, 0.1) is 0 Å². The van der Waals surface area contributed by atoms with E-state index < -0.39 is 5.67 Å². The first-order valence-corrected chi connectivity index (χ1v) is 5.59. The minimum Gasteiger partial charge on any atom is -0.313 e. The average molecular weight is 221 g/mol. The van der Waals surface area contributed by atoms with Crippen molar-refractivity contribution in [1.29, 1.82) is 0 Å². The fourth-order valence-corrected chi connectivity index (χ4v) is 2.22. The summed E-state index contributed by atoms with van der Waals surface area (Å²) in [5.41, 5.74) is 0.276. The largest absolute Gasteiger partial charge is 0.313 e. The normalized spacial score (nSPS) is 24.6. The number of nitrogens with one attached hydrogen (secondary N) is 1. The van der Waals surface area contributed by atoms with Crippen LogP contribution in [-0.4, -0.2) is 24.5 Å². The second kappa shape index (κ2) is 4.34. The first kappa shape index (κ1) is 11.3. The number of carbonyl (C=O) groups excluding carboxylic acids is 1. The number of Topliss-reactive ketones (excluding diaryl/α,β-unsaturated/α-hetero) is 1. The van der Waals surface area contributed by atoms with E-state index in [1.54, 1.807) is 6.07 Å². The lowest BCUT2D eigenvalue weighted by Gasteiger charge is -2.19. The predicted octanol–water partition coefficient (Wildman–Crippen LogP) is 2.13. The number of hydrogen-bond donors (Lipinski definition) is 1. The van der Waals surface area contributed by atoms with Gasteiger partial charge in [0.25, 0.3) is 0 Å². The minimum absolute atomic E-state index is 0.00477. The molecule has 0 aliphatic carbocycles. The average Bonchev–Trinajstić information content (AvgIpc) is 2.65. The quantitative estimate of drug-likeness (QED) is 0.792. The highest BCUT2D eigenvalue weighted by Gasteiger charge is 2.34. The third-order valence-corrected chi connectivity index (χ3v) is 3.10. The molecule has 1 N–H and O–H groups in total. The van der Waals surface area contributed by atoms with E-state index in [0.29, 0.717) is 24.9 Å². The number of benzene rings is 1. The van der Waals surface area contributed by atoms with E-state index in [0.717, 1.165) is 12.1 Å². The van der Waals surface area contributed by atoms with Gasteiger partial charge in [-0.25, -0.2) is 4.39 Å². The Kier molecular flexibility index (Phi) is 3.06. The predicted molar refractivity (Wildman–Crippen MR) is 61.5 cm³/mol. The zero-order chi connectivity index (χ0) is 11.6. The Morgan fingerprint density at radius 3 is 2.88 bits per heavy atom. The van der Waals surface area contributed by atoms with Gasteiger partial charge in [-0.15, -0.1) is 0 Å². The molecule has 1 aromatic rings. The molecule has 1 atom stereocenters.